The van der Waals surface area contributed by atoms with Gasteiger partial charge in [-0.1, -0.05) is 11.6 Å². The number of imidazole rings is 1. The van der Waals surface area contributed by atoms with Crippen molar-refractivity contribution < 1.29 is 31.5 Å². The zero-order valence-electron chi connectivity index (χ0n) is 19.8. The number of sulfone groups is 1. The number of fused-ring (bicyclic) bond motifs is 1. The maximum atomic E-state index is 13.0. The lowest BCUT2D eigenvalue weighted by Gasteiger charge is -2.42. The number of carbonyl (C=O) groups is 1. The van der Waals surface area contributed by atoms with E-state index < -0.39 is 39.1 Å². The minimum atomic E-state index is -3.24. The Morgan fingerprint density at radius 3 is 2.72 bits per heavy atom. The molecule has 0 aromatic carbocycles. The van der Waals surface area contributed by atoms with Crippen LogP contribution in [0, 0.1) is 0 Å². The second kappa shape index (κ2) is 9.47. The normalized spacial score (nSPS) is 20.9. The van der Waals surface area contributed by atoms with Crippen molar-refractivity contribution in [3.8, 4) is 17.4 Å². The van der Waals surface area contributed by atoms with Crippen LogP contribution in [-0.2, 0) is 9.84 Å². The maximum Gasteiger partial charge on any atom is 0.272 e. The van der Waals surface area contributed by atoms with Crippen LogP contribution in [0.2, 0.25) is 5.02 Å². The fraction of sp³-hybridized carbons (Fsp3) is 0.435. The van der Waals surface area contributed by atoms with Crippen LogP contribution in [0.5, 0.6) is 17.4 Å². The van der Waals surface area contributed by atoms with Crippen molar-refractivity contribution in [3.05, 3.63) is 47.5 Å². The molecule has 0 spiro atoms. The van der Waals surface area contributed by atoms with E-state index in [9.17, 15) is 22.0 Å². The zero-order valence-corrected chi connectivity index (χ0v) is 21.4. The molecule has 0 saturated carbocycles. The first-order valence-corrected chi connectivity index (χ1v) is 13.1. The Labute approximate surface area is 211 Å². The summed E-state index contributed by atoms with van der Waals surface area (Å²) >= 11 is 5.89. The number of amides is 1. The molecule has 1 atom stereocenters. The van der Waals surface area contributed by atoms with E-state index in [1.54, 1.807) is 36.6 Å². The minimum Gasteiger partial charge on any atom is -0.482 e. The van der Waals surface area contributed by atoms with Crippen molar-refractivity contribution in [2.45, 2.75) is 50.3 Å². The van der Waals surface area contributed by atoms with Crippen molar-refractivity contribution >= 4 is 33.0 Å². The van der Waals surface area contributed by atoms with Gasteiger partial charge in [0.2, 0.25) is 0 Å². The molecule has 36 heavy (non-hydrogen) atoms. The summed E-state index contributed by atoms with van der Waals surface area (Å²) in [6.45, 7) is 4.31. The number of hydrogen-bond acceptors (Lipinski definition) is 7. The maximum absolute atomic E-state index is 13.0. The van der Waals surface area contributed by atoms with Crippen molar-refractivity contribution in [3.63, 3.8) is 0 Å². The lowest BCUT2D eigenvalue weighted by molar-refractivity contribution is 0.0804. The van der Waals surface area contributed by atoms with Crippen molar-refractivity contribution in [1.29, 1.82) is 0 Å². The average molecular weight is 543 g/mol. The molecule has 1 aliphatic rings. The van der Waals surface area contributed by atoms with Crippen LogP contribution in [0.15, 0.2) is 36.8 Å². The molecule has 0 aliphatic carbocycles. The average Bonchev–Trinajstić information content (AvgIpc) is 3.20. The zero-order chi connectivity index (χ0) is 26.3. The molecule has 1 aliphatic heterocycles. The topological polar surface area (TPSA) is 112 Å². The smallest absolute Gasteiger partial charge is 0.272 e. The number of nitrogens with one attached hydrogen (secondary N) is 1. The Hall–Kier alpha value is -2.99. The van der Waals surface area contributed by atoms with Crippen LogP contribution in [0.1, 0.15) is 44.1 Å². The molecule has 1 amide bonds. The number of aromatic nitrogens is 3. The van der Waals surface area contributed by atoms with E-state index in [0.717, 1.165) is 0 Å². The SMILES string of the molecule is CC1(NC(=O)c2cn3cc(Oc4ncc(Cl)cc4OCC(F)F)ccc3n2)CCS(=O)(=O)C(C)(C)C1. The van der Waals surface area contributed by atoms with E-state index in [1.807, 2.05) is 6.92 Å². The largest absolute Gasteiger partial charge is 0.482 e. The highest BCUT2D eigenvalue weighted by Gasteiger charge is 2.47. The summed E-state index contributed by atoms with van der Waals surface area (Å²) in [6.07, 6.45) is 2.25. The van der Waals surface area contributed by atoms with Crippen LogP contribution in [0.25, 0.3) is 5.65 Å². The third-order valence-corrected chi connectivity index (χ3v) is 8.79. The van der Waals surface area contributed by atoms with Gasteiger partial charge in [0.1, 0.15) is 23.7 Å². The highest BCUT2D eigenvalue weighted by atomic mass is 35.5. The summed E-state index contributed by atoms with van der Waals surface area (Å²) in [6, 6.07) is 4.51. The fourth-order valence-electron chi connectivity index (χ4n) is 4.21. The van der Waals surface area contributed by atoms with Crippen LogP contribution >= 0.6 is 11.6 Å². The molecule has 9 nitrogen and oxygen atoms in total. The van der Waals surface area contributed by atoms with E-state index >= 15 is 0 Å². The van der Waals surface area contributed by atoms with Crippen LogP contribution in [-0.4, -0.2) is 57.8 Å². The van der Waals surface area contributed by atoms with Gasteiger partial charge in [0.15, 0.2) is 15.6 Å². The van der Waals surface area contributed by atoms with E-state index in [4.69, 9.17) is 21.1 Å². The molecule has 0 bridgehead atoms. The number of hydrogen-bond donors (Lipinski definition) is 1. The van der Waals surface area contributed by atoms with E-state index in [1.165, 1.54) is 18.5 Å². The molecule has 4 rings (SSSR count). The molecule has 4 heterocycles. The lowest BCUT2D eigenvalue weighted by Crippen LogP contribution is -2.57. The van der Waals surface area contributed by atoms with Gasteiger partial charge in [-0.05, 0) is 45.7 Å². The Morgan fingerprint density at radius 1 is 1.28 bits per heavy atom. The van der Waals surface area contributed by atoms with Crippen LogP contribution in [0.4, 0.5) is 8.78 Å². The van der Waals surface area contributed by atoms with Crippen molar-refractivity contribution in [2.75, 3.05) is 12.4 Å². The van der Waals surface area contributed by atoms with E-state index in [-0.39, 0.29) is 40.3 Å². The van der Waals surface area contributed by atoms with Crippen LogP contribution in [0.3, 0.4) is 0 Å². The third kappa shape index (κ3) is 5.54. The van der Waals surface area contributed by atoms with Gasteiger partial charge in [-0.3, -0.25) is 4.79 Å². The number of ether oxygens (including phenoxy) is 2. The summed E-state index contributed by atoms with van der Waals surface area (Å²) in [5.41, 5.74) is -0.0992. The highest BCUT2D eigenvalue weighted by Crippen LogP contribution is 2.36. The number of nitrogens with zero attached hydrogens (tertiary/aromatic N) is 3. The van der Waals surface area contributed by atoms with Crippen molar-refractivity contribution in [2.24, 2.45) is 0 Å². The van der Waals surface area contributed by atoms with Gasteiger partial charge in [0.25, 0.3) is 18.2 Å². The number of halogens is 3. The first kappa shape index (κ1) is 26.1. The van der Waals surface area contributed by atoms with Gasteiger partial charge < -0.3 is 19.2 Å². The Morgan fingerprint density at radius 2 is 2.03 bits per heavy atom. The summed E-state index contributed by atoms with van der Waals surface area (Å²) in [4.78, 5) is 21.3. The van der Waals surface area contributed by atoms with E-state index in [0.29, 0.717) is 12.1 Å². The predicted molar refractivity (Wildman–Crippen MR) is 129 cm³/mol. The molecule has 1 unspecified atom stereocenters. The second-order valence-corrected chi connectivity index (χ2v) is 12.7. The predicted octanol–water partition coefficient (Wildman–Crippen LogP) is 4.29. The molecule has 13 heteroatoms. The van der Waals surface area contributed by atoms with Gasteiger partial charge in [-0.25, -0.2) is 27.2 Å². The minimum absolute atomic E-state index is 0.00953. The summed E-state index contributed by atoms with van der Waals surface area (Å²) < 4.78 is 61.2. The lowest BCUT2D eigenvalue weighted by atomic mass is 9.87. The van der Waals surface area contributed by atoms with Gasteiger partial charge >= 0.3 is 0 Å². The first-order chi connectivity index (χ1) is 16.8. The molecule has 1 saturated heterocycles. The van der Waals surface area contributed by atoms with Gasteiger partial charge in [0, 0.05) is 24.0 Å². The second-order valence-electron chi connectivity index (χ2n) is 9.54. The van der Waals surface area contributed by atoms with Crippen molar-refractivity contribution in [1.82, 2.24) is 19.7 Å². The number of alkyl halides is 2. The molecule has 3 aromatic heterocycles. The quantitative estimate of drug-likeness (QED) is 0.474. The Bertz CT molecular complexity index is 1410. The monoisotopic (exact) mass is 542 g/mol. The Kier molecular flexibility index (Phi) is 6.86. The molecule has 194 valence electrons. The molecule has 0 radical (unpaired) electrons. The Balaban J connectivity index is 1.52. The fourth-order valence-corrected chi connectivity index (χ4v) is 6.17. The first-order valence-electron chi connectivity index (χ1n) is 11.0. The summed E-state index contributed by atoms with van der Waals surface area (Å²) in [5, 5.41) is 3.14. The van der Waals surface area contributed by atoms with Gasteiger partial charge in [-0.2, -0.15) is 0 Å². The van der Waals surface area contributed by atoms with Crippen LogP contribution < -0.4 is 14.8 Å². The molecule has 3 aromatic rings. The van der Waals surface area contributed by atoms with E-state index in [2.05, 4.69) is 15.3 Å². The molecular formula is C23H25ClF2N4O5S. The highest BCUT2D eigenvalue weighted by molar-refractivity contribution is 7.92. The molecule has 1 fully saturated rings. The summed E-state index contributed by atoms with van der Waals surface area (Å²) in [5.74, 6) is -0.250. The molecular weight excluding hydrogens is 518 g/mol. The number of carbonyl (C=O) groups excluding carboxylic acids is 1. The number of pyridine rings is 2. The van der Waals surface area contributed by atoms with Gasteiger partial charge in [0.05, 0.1) is 21.7 Å². The third-order valence-electron chi connectivity index (χ3n) is 6.02. The van der Waals surface area contributed by atoms with Gasteiger partial charge in [-0.15, -0.1) is 0 Å². The number of rotatable bonds is 7. The molecule has 1 N–H and O–H groups in total. The standard InChI is InChI=1S/C23H25ClF2N4O5S/c1-22(2)13-23(3,6-7-36(22,32)33)29-20(31)16-11-30-10-15(4-5-19(30)28-16)35-21-17(34-12-18(25)26)8-14(24)9-27-21/h4-5,8-11,18H,6-7,12-13H2,1-3H3,(H,29,31). The summed E-state index contributed by atoms with van der Waals surface area (Å²) in [7, 11) is -3.24.